The normalized spacial score (nSPS) is 15.6. The molecule has 0 aliphatic carbocycles. The number of hydrogen-bond donors (Lipinski definition) is 0. The highest BCUT2D eigenvalue weighted by Crippen LogP contribution is 2.27. The Bertz CT molecular complexity index is 785. The van der Waals surface area contributed by atoms with Gasteiger partial charge >= 0.3 is 5.97 Å². The van der Waals surface area contributed by atoms with Gasteiger partial charge in [-0.1, -0.05) is 6.07 Å². The minimum Gasteiger partial charge on any atom is -0.497 e. The molecule has 0 amide bonds. The number of carbonyl (C=O) groups excluding carboxylic acids is 1. The van der Waals surface area contributed by atoms with Gasteiger partial charge in [0.15, 0.2) is 5.70 Å². The Hall–Kier alpha value is -2.47. The number of aliphatic imine (C=N–C) groups is 1. The first-order valence-corrected chi connectivity index (χ1v) is 7.23. The summed E-state index contributed by atoms with van der Waals surface area (Å²) in [4.78, 5) is 20.2. The van der Waals surface area contributed by atoms with Crippen molar-refractivity contribution >= 4 is 33.9 Å². The average Bonchev–Trinajstić information content (AvgIpc) is 2.89. The summed E-state index contributed by atoms with van der Waals surface area (Å²) in [5, 5.41) is 0. The highest BCUT2D eigenvalue weighted by atomic mass is 79.9. The van der Waals surface area contributed by atoms with E-state index in [0.717, 1.165) is 10.0 Å². The maximum atomic E-state index is 11.9. The summed E-state index contributed by atoms with van der Waals surface area (Å²) < 4.78 is 11.1. The number of rotatable bonds is 3. The number of methoxy groups -OCH3 is 1. The zero-order chi connectivity index (χ0) is 15.5. The predicted octanol–water partition coefficient (Wildman–Crippen LogP) is 3.20. The van der Waals surface area contributed by atoms with Crippen LogP contribution >= 0.6 is 15.9 Å². The molecule has 0 bridgehead atoms. The molecule has 0 N–H and O–H groups in total. The van der Waals surface area contributed by atoms with Gasteiger partial charge in [0.25, 0.3) is 0 Å². The van der Waals surface area contributed by atoms with Gasteiger partial charge in [-0.3, -0.25) is 4.98 Å². The summed E-state index contributed by atoms with van der Waals surface area (Å²) in [6.07, 6.45) is 4.95. The fraction of sp³-hybridized carbons (Fsp3) is 0.0625. The van der Waals surface area contributed by atoms with E-state index in [1.165, 1.54) is 0 Å². The molecule has 2 heterocycles. The summed E-state index contributed by atoms with van der Waals surface area (Å²) >= 11 is 3.42. The van der Waals surface area contributed by atoms with Crippen LogP contribution in [0.3, 0.4) is 0 Å². The van der Waals surface area contributed by atoms with Crippen molar-refractivity contribution in [3.8, 4) is 5.75 Å². The highest BCUT2D eigenvalue weighted by Gasteiger charge is 2.25. The molecule has 2 aromatic rings. The molecule has 1 aliphatic rings. The second-order valence-electron chi connectivity index (χ2n) is 4.47. The zero-order valence-electron chi connectivity index (χ0n) is 11.6. The first-order chi connectivity index (χ1) is 10.7. The Kier molecular flexibility index (Phi) is 4.02. The smallest absolute Gasteiger partial charge is 0.363 e. The Morgan fingerprint density at radius 2 is 2.18 bits per heavy atom. The average molecular weight is 359 g/mol. The number of cyclic esters (lactones) is 1. The van der Waals surface area contributed by atoms with Crippen LogP contribution in [-0.4, -0.2) is 24.0 Å². The third-order valence-corrected chi connectivity index (χ3v) is 3.67. The van der Waals surface area contributed by atoms with Gasteiger partial charge in [0.05, 0.1) is 12.7 Å². The lowest BCUT2D eigenvalue weighted by atomic mass is 10.2. The van der Waals surface area contributed by atoms with Crippen LogP contribution in [0.2, 0.25) is 0 Å². The summed E-state index contributed by atoms with van der Waals surface area (Å²) in [5.41, 5.74) is 1.71. The van der Waals surface area contributed by atoms with E-state index >= 15 is 0 Å². The zero-order valence-corrected chi connectivity index (χ0v) is 13.2. The molecule has 0 unspecified atom stereocenters. The van der Waals surface area contributed by atoms with Crippen molar-refractivity contribution in [2.75, 3.05) is 7.11 Å². The number of hydrogen-bond acceptors (Lipinski definition) is 5. The minimum absolute atomic E-state index is 0.241. The van der Waals surface area contributed by atoms with Crippen molar-refractivity contribution in [3.05, 3.63) is 64.0 Å². The van der Waals surface area contributed by atoms with Gasteiger partial charge in [0, 0.05) is 16.9 Å². The second-order valence-corrected chi connectivity index (χ2v) is 5.32. The molecule has 22 heavy (non-hydrogen) atoms. The van der Waals surface area contributed by atoms with Gasteiger partial charge in [-0.15, -0.1) is 0 Å². The molecule has 5 nitrogen and oxygen atoms in total. The van der Waals surface area contributed by atoms with Gasteiger partial charge < -0.3 is 9.47 Å². The second kappa shape index (κ2) is 6.11. The maximum Gasteiger partial charge on any atom is 0.363 e. The van der Waals surface area contributed by atoms with Crippen LogP contribution in [0.4, 0.5) is 0 Å². The first-order valence-electron chi connectivity index (χ1n) is 6.44. The van der Waals surface area contributed by atoms with E-state index in [9.17, 15) is 4.79 Å². The van der Waals surface area contributed by atoms with E-state index in [2.05, 4.69) is 25.9 Å². The molecule has 0 spiro atoms. The molecule has 1 aromatic heterocycles. The lowest BCUT2D eigenvalue weighted by Gasteiger charge is -2.05. The predicted molar refractivity (Wildman–Crippen MR) is 85.5 cm³/mol. The molecular weight excluding hydrogens is 348 g/mol. The fourth-order valence-electron chi connectivity index (χ4n) is 1.94. The van der Waals surface area contributed by atoms with Gasteiger partial charge in [0.2, 0.25) is 5.90 Å². The molecule has 0 saturated heterocycles. The Morgan fingerprint density at radius 1 is 1.32 bits per heavy atom. The van der Waals surface area contributed by atoms with E-state index in [1.54, 1.807) is 49.8 Å². The summed E-state index contributed by atoms with van der Waals surface area (Å²) in [7, 11) is 1.59. The topological polar surface area (TPSA) is 60.8 Å². The standard InChI is InChI=1S/C16H11BrN2O3/c1-21-11-4-5-12(13(17)8-11)15-19-14(16(20)22-15)7-10-3-2-6-18-9-10/h2-9H,1H3/b14-7+. The Balaban J connectivity index is 1.95. The molecule has 0 radical (unpaired) electrons. The van der Waals surface area contributed by atoms with Crippen LogP contribution in [0, 0.1) is 0 Å². The molecule has 0 fully saturated rings. The molecule has 1 aromatic carbocycles. The van der Waals surface area contributed by atoms with Crippen LogP contribution in [0.1, 0.15) is 11.1 Å². The molecule has 110 valence electrons. The number of esters is 1. The van der Waals surface area contributed by atoms with E-state index in [4.69, 9.17) is 9.47 Å². The van der Waals surface area contributed by atoms with Crippen LogP contribution in [-0.2, 0) is 9.53 Å². The van der Waals surface area contributed by atoms with Crippen LogP contribution in [0.15, 0.2) is 57.9 Å². The number of nitrogens with zero attached hydrogens (tertiary/aromatic N) is 2. The third-order valence-electron chi connectivity index (χ3n) is 3.01. The van der Waals surface area contributed by atoms with Crippen LogP contribution in [0.5, 0.6) is 5.75 Å². The summed E-state index contributed by atoms with van der Waals surface area (Å²) in [5.74, 6) is 0.475. The van der Waals surface area contributed by atoms with Crippen molar-refractivity contribution in [3.63, 3.8) is 0 Å². The van der Waals surface area contributed by atoms with E-state index in [1.807, 2.05) is 6.07 Å². The highest BCUT2D eigenvalue weighted by molar-refractivity contribution is 9.10. The summed E-state index contributed by atoms with van der Waals surface area (Å²) in [6.45, 7) is 0. The Morgan fingerprint density at radius 3 is 2.86 bits per heavy atom. The monoisotopic (exact) mass is 358 g/mol. The number of halogens is 1. The van der Waals surface area contributed by atoms with Crippen molar-refractivity contribution in [2.24, 2.45) is 4.99 Å². The molecule has 3 rings (SSSR count). The number of ether oxygens (including phenoxy) is 2. The van der Waals surface area contributed by atoms with Crippen molar-refractivity contribution in [1.29, 1.82) is 0 Å². The first kappa shape index (κ1) is 14.5. The van der Waals surface area contributed by atoms with Gasteiger partial charge in [0.1, 0.15) is 5.75 Å². The van der Waals surface area contributed by atoms with Crippen LogP contribution < -0.4 is 4.74 Å². The lowest BCUT2D eigenvalue weighted by molar-refractivity contribution is -0.129. The van der Waals surface area contributed by atoms with Gasteiger partial charge in [-0.05, 0) is 51.8 Å². The SMILES string of the molecule is COc1ccc(C2=N/C(=C/c3cccnc3)C(=O)O2)c(Br)c1. The fourth-order valence-corrected chi connectivity index (χ4v) is 2.47. The number of benzene rings is 1. The van der Waals surface area contributed by atoms with Crippen molar-refractivity contribution in [2.45, 2.75) is 0 Å². The minimum atomic E-state index is -0.485. The third kappa shape index (κ3) is 2.92. The van der Waals surface area contributed by atoms with E-state index in [-0.39, 0.29) is 11.6 Å². The lowest BCUT2D eigenvalue weighted by Crippen LogP contribution is -2.06. The van der Waals surface area contributed by atoms with E-state index < -0.39 is 5.97 Å². The number of pyridine rings is 1. The van der Waals surface area contributed by atoms with Crippen LogP contribution in [0.25, 0.3) is 6.08 Å². The van der Waals surface area contributed by atoms with Gasteiger partial charge in [-0.2, -0.15) is 0 Å². The van der Waals surface area contributed by atoms with Gasteiger partial charge in [-0.25, -0.2) is 9.79 Å². The maximum absolute atomic E-state index is 11.9. The quantitative estimate of drug-likeness (QED) is 0.624. The largest absolute Gasteiger partial charge is 0.497 e. The Labute approximate surface area is 135 Å². The number of aromatic nitrogens is 1. The molecule has 1 aliphatic heterocycles. The number of carbonyl (C=O) groups is 1. The molecule has 0 atom stereocenters. The van der Waals surface area contributed by atoms with Crippen molar-refractivity contribution in [1.82, 2.24) is 4.98 Å². The molecule has 0 saturated carbocycles. The molecule has 6 heteroatoms. The van der Waals surface area contributed by atoms with Crippen molar-refractivity contribution < 1.29 is 14.3 Å². The summed E-state index contributed by atoms with van der Waals surface area (Å²) in [6, 6.07) is 8.97. The molecular formula is C16H11BrN2O3. The van der Waals surface area contributed by atoms with E-state index in [0.29, 0.717) is 11.3 Å².